The van der Waals surface area contributed by atoms with Crippen LogP contribution < -0.4 is 10.6 Å². The van der Waals surface area contributed by atoms with Crippen LogP contribution in [0.3, 0.4) is 0 Å². The van der Waals surface area contributed by atoms with Crippen molar-refractivity contribution in [3.05, 3.63) is 64.7 Å². The van der Waals surface area contributed by atoms with Gasteiger partial charge in [0.25, 0.3) is 0 Å². The van der Waals surface area contributed by atoms with Gasteiger partial charge >= 0.3 is 0 Å². The zero-order valence-electron chi connectivity index (χ0n) is 13.3. The summed E-state index contributed by atoms with van der Waals surface area (Å²) in [4.78, 5) is 11.4. The van der Waals surface area contributed by atoms with Crippen LogP contribution >= 0.6 is 24.0 Å². The molecule has 23 heavy (non-hydrogen) atoms. The molecule has 124 valence electrons. The molecule has 0 aliphatic heterocycles. The van der Waals surface area contributed by atoms with Gasteiger partial charge in [-0.15, -0.1) is 12.4 Å². The Labute approximate surface area is 148 Å². The van der Waals surface area contributed by atoms with E-state index in [1.54, 1.807) is 0 Å². The van der Waals surface area contributed by atoms with Crippen LogP contribution in [-0.2, 0) is 11.3 Å². The number of hydrogen-bond donors (Lipinski definition) is 2. The Kier molecular flexibility index (Phi) is 8.10. The first-order valence-electron chi connectivity index (χ1n) is 7.46. The minimum absolute atomic E-state index is 0. The second-order valence-electron chi connectivity index (χ2n) is 5.26. The molecule has 0 saturated heterocycles. The molecule has 2 aromatic carbocycles. The Morgan fingerprint density at radius 3 is 2.48 bits per heavy atom. The molecule has 2 aromatic rings. The molecule has 0 saturated carbocycles. The van der Waals surface area contributed by atoms with Gasteiger partial charge in [-0.2, -0.15) is 0 Å². The van der Waals surface area contributed by atoms with Crippen LogP contribution in [0, 0.1) is 0 Å². The van der Waals surface area contributed by atoms with Crippen LogP contribution in [0.25, 0.3) is 0 Å². The van der Waals surface area contributed by atoms with Gasteiger partial charge in [0.05, 0.1) is 0 Å². The first-order valence-corrected chi connectivity index (χ1v) is 7.84. The summed E-state index contributed by atoms with van der Waals surface area (Å²) in [5.41, 5.74) is 3.17. The molecule has 0 spiro atoms. The summed E-state index contributed by atoms with van der Waals surface area (Å²) >= 11 is 5.99. The first kappa shape index (κ1) is 19.5. The van der Waals surface area contributed by atoms with Crippen LogP contribution in [0.15, 0.2) is 48.5 Å². The molecule has 0 fully saturated rings. The fraction of sp³-hybridized carbons (Fsp3) is 0.278. The van der Waals surface area contributed by atoms with E-state index in [9.17, 15) is 4.79 Å². The molecule has 2 rings (SSSR count). The molecule has 0 heterocycles. The van der Waals surface area contributed by atoms with Crippen molar-refractivity contribution >= 4 is 35.6 Å². The zero-order chi connectivity index (χ0) is 15.9. The van der Waals surface area contributed by atoms with E-state index in [2.05, 4.69) is 23.6 Å². The Morgan fingerprint density at radius 2 is 1.87 bits per heavy atom. The van der Waals surface area contributed by atoms with Gasteiger partial charge in [0.2, 0.25) is 5.91 Å². The lowest BCUT2D eigenvalue weighted by atomic mass is 10.1. The molecule has 0 aliphatic carbocycles. The van der Waals surface area contributed by atoms with Crippen LogP contribution in [-0.4, -0.2) is 5.91 Å². The van der Waals surface area contributed by atoms with Gasteiger partial charge in [0.15, 0.2) is 0 Å². The molecule has 1 unspecified atom stereocenters. The smallest absolute Gasteiger partial charge is 0.224 e. The summed E-state index contributed by atoms with van der Waals surface area (Å²) in [6.07, 6.45) is 0.485. The standard InChI is InChI=1S/C18H21ClN2O.ClH/c1-3-18(22)21-17-9-7-15(8-10-17)13(2)20-12-14-5-4-6-16(19)11-14;/h4-11,13,20H,3,12H2,1-2H3,(H,21,22);1H. The number of halogens is 2. The van der Waals surface area contributed by atoms with Crippen LogP contribution in [0.5, 0.6) is 0 Å². The lowest BCUT2D eigenvalue weighted by molar-refractivity contribution is -0.115. The average Bonchev–Trinajstić information content (AvgIpc) is 2.53. The van der Waals surface area contributed by atoms with Crippen molar-refractivity contribution in [2.75, 3.05) is 5.32 Å². The Bertz CT molecular complexity index is 629. The largest absolute Gasteiger partial charge is 0.326 e. The predicted octanol–water partition coefficient (Wildman–Crippen LogP) is 4.96. The summed E-state index contributed by atoms with van der Waals surface area (Å²) in [5, 5.41) is 7.07. The molecular formula is C18H22Cl2N2O. The first-order chi connectivity index (χ1) is 10.6. The van der Waals surface area contributed by atoms with Gasteiger partial charge in [-0.25, -0.2) is 0 Å². The average molecular weight is 353 g/mol. The van der Waals surface area contributed by atoms with Crippen LogP contribution in [0.1, 0.15) is 37.4 Å². The van der Waals surface area contributed by atoms with Gasteiger partial charge in [0.1, 0.15) is 0 Å². The van der Waals surface area contributed by atoms with Crippen molar-refractivity contribution in [1.29, 1.82) is 0 Å². The molecule has 0 radical (unpaired) electrons. The third-order valence-electron chi connectivity index (χ3n) is 3.52. The second kappa shape index (κ2) is 9.56. The highest BCUT2D eigenvalue weighted by molar-refractivity contribution is 6.30. The maximum atomic E-state index is 11.4. The summed E-state index contributed by atoms with van der Waals surface area (Å²) in [6.45, 7) is 4.71. The van der Waals surface area contributed by atoms with E-state index < -0.39 is 0 Å². The lowest BCUT2D eigenvalue weighted by Crippen LogP contribution is -2.18. The van der Waals surface area contributed by atoms with Gasteiger partial charge < -0.3 is 10.6 Å². The molecule has 1 atom stereocenters. The highest BCUT2D eigenvalue weighted by atomic mass is 35.5. The lowest BCUT2D eigenvalue weighted by Gasteiger charge is -2.15. The Morgan fingerprint density at radius 1 is 1.17 bits per heavy atom. The number of amides is 1. The molecule has 0 aliphatic rings. The maximum absolute atomic E-state index is 11.4. The topological polar surface area (TPSA) is 41.1 Å². The van der Waals surface area contributed by atoms with Crippen molar-refractivity contribution in [3.8, 4) is 0 Å². The van der Waals surface area contributed by atoms with Gasteiger partial charge in [-0.3, -0.25) is 4.79 Å². The van der Waals surface area contributed by atoms with Crippen molar-refractivity contribution < 1.29 is 4.79 Å². The fourth-order valence-electron chi connectivity index (χ4n) is 2.14. The second-order valence-corrected chi connectivity index (χ2v) is 5.69. The van der Waals surface area contributed by atoms with E-state index in [0.717, 1.165) is 22.8 Å². The van der Waals surface area contributed by atoms with E-state index >= 15 is 0 Å². The zero-order valence-corrected chi connectivity index (χ0v) is 14.9. The molecule has 2 N–H and O–H groups in total. The highest BCUT2D eigenvalue weighted by Gasteiger charge is 2.06. The minimum Gasteiger partial charge on any atom is -0.326 e. The van der Waals surface area contributed by atoms with Crippen LogP contribution in [0.2, 0.25) is 5.02 Å². The number of carbonyl (C=O) groups excluding carboxylic acids is 1. The predicted molar refractivity (Wildman–Crippen MR) is 99.3 cm³/mol. The quantitative estimate of drug-likeness (QED) is 0.771. The summed E-state index contributed by atoms with van der Waals surface area (Å²) in [5.74, 6) is 0.0277. The highest BCUT2D eigenvalue weighted by Crippen LogP contribution is 2.17. The van der Waals surface area contributed by atoms with Crippen molar-refractivity contribution in [3.63, 3.8) is 0 Å². The fourth-order valence-corrected chi connectivity index (χ4v) is 2.35. The van der Waals surface area contributed by atoms with Crippen molar-refractivity contribution in [2.45, 2.75) is 32.9 Å². The van der Waals surface area contributed by atoms with E-state index in [0.29, 0.717) is 6.42 Å². The Balaban J connectivity index is 0.00000264. The number of hydrogen-bond acceptors (Lipinski definition) is 2. The third kappa shape index (κ3) is 6.22. The molecule has 3 nitrogen and oxygen atoms in total. The maximum Gasteiger partial charge on any atom is 0.224 e. The van der Waals surface area contributed by atoms with E-state index in [1.807, 2.05) is 49.4 Å². The van der Waals surface area contributed by atoms with Crippen molar-refractivity contribution in [1.82, 2.24) is 5.32 Å². The monoisotopic (exact) mass is 352 g/mol. The van der Waals surface area contributed by atoms with Gasteiger partial charge in [0, 0.05) is 29.7 Å². The number of rotatable bonds is 6. The van der Waals surface area contributed by atoms with Gasteiger partial charge in [-0.05, 0) is 42.3 Å². The van der Waals surface area contributed by atoms with E-state index in [-0.39, 0.29) is 24.4 Å². The molecule has 0 bridgehead atoms. The van der Waals surface area contributed by atoms with Gasteiger partial charge in [-0.1, -0.05) is 42.8 Å². The normalized spacial score (nSPS) is 11.4. The summed E-state index contributed by atoms with van der Waals surface area (Å²) < 4.78 is 0. The molecule has 0 aromatic heterocycles. The van der Waals surface area contributed by atoms with Crippen molar-refractivity contribution in [2.24, 2.45) is 0 Å². The van der Waals surface area contributed by atoms with E-state index in [4.69, 9.17) is 11.6 Å². The van der Waals surface area contributed by atoms with Crippen LogP contribution in [0.4, 0.5) is 5.69 Å². The molecule has 1 amide bonds. The number of anilines is 1. The minimum atomic E-state index is 0. The number of carbonyl (C=O) groups is 1. The Hall–Kier alpha value is -1.55. The summed E-state index contributed by atoms with van der Waals surface area (Å²) in [7, 11) is 0. The number of benzene rings is 2. The van der Waals surface area contributed by atoms with E-state index in [1.165, 1.54) is 5.56 Å². The summed E-state index contributed by atoms with van der Waals surface area (Å²) in [6, 6.07) is 16.0. The third-order valence-corrected chi connectivity index (χ3v) is 3.75. The SMILES string of the molecule is CCC(=O)Nc1ccc(C(C)NCc2cccc(Cl)c2)cc1.Cl. The molecular weight excluding hydrogens is 331 g/mol. The number of nitrogens with one attached hydrogen (secondary N) is 2. The molecule has 5 heteroatoms.